The lowest BCUT2D eigenvalue weighted by atomic mass is 9.91. The zero-order valence-corrected chi connectivity index (χ0v) is 9.67. The molecule has 0 nitrogen and oxygen atoms in total. The summed E-state index contributed by atoms with van der Waals surface area (Å²) in [7, 11) is 0. The van der Waals surface area contributed by atoms with Crippen molar-refractivity contribution in [3.63, 3.8) is 0 Å². The van der Waals surface area contributed by atoms with Gasteiger partial charge in [0.05, 0.1) is 0 Å². The third kappa shape index (κ3) is 4.08. The molecular weight excluding hydrogens is 184 g/mol. The van der Waals surface area contributed by atoms with Gasteiger partial charge in [0.1, 0.15) is 0 Å². The topological polar surface area (TPSA) is 0 Å². The van der Waals surface area contributed by atoms with E-state index in [-0.39, 0.29) is 0 Å². The maximum absolute atomic E-state index is 4.22. The molecule has 1 fully saturated rings. The zero-order valence-electron chi connectivity index (χ0n) is 7.96. The molecule has 0 N–H and O–H groups in total. The summed E-state index contributed by atoms with van der Waals surface area (Å²) in [5.41, 5.74) is 0. The van der Waals surface area contributed by atoms with Gasteiger partial charge in [0.2, 0.25) is 0 Å². The molecule has 2 unspecified atom stereocenters. The summed E-state index contributed by atoms with van der Waals surface area (Å²) >= 11 is 6.40. The van der Waals surface area contributed by atoms with Crippen molar-refractivity contribution in [3.05, 3.63) is 0 Å². The number of hydrogen-bond acceptors (Lipinski definition) is 2. The predicted octanol–water partition coefficient (Wildman–Crippen LogP) is 3.62. The van der Waals surface area contributed by atoms with Gasteiger partial charge in [-0.05, 0) is 36.7 Å². The van der Waals surface area contributed by atoms with Crippen LogP contribution in [0.3, 0.4) is 0 Å². The van der Waals surface area contributed by atoms with Gasteiger partial charge in [-0.25, -0.2) is 0 Å². The first-order valence-corrected chi connectivity index (χ1v) is 6.73. The van der Waals surface area contributed by atoms with Gasteiger partial charge in [-0.2, -0.15) is 24.4 Å². The molecule has 1 aliphatic rings. The molecule has 0 amide bonds. The maximum Gasteiger partial charge on any atom is 0.00495 e. The van der Waals surface area contributed by atoms with Gasteiger partial charge in [0.25, 0.3) is 0 Å². The smallest absolute Gasteiger partial charge is 0.00495 e. The van der Waals surface area contributed by atoms with Crippen LogP contribution in [0.2, 0.25) is 0 Å². The standard InChI is InChI=1S/C10H20S2/c1-9-4-2-5-10(8-9)12-7-3-6-11/h9-11H,2-8H2,1H3. The summed E-state index contributed by atoms with van der Waals surface area (Å²) in [6.07, 6.45) is 7.11. The monoisotopic (exact) mass is 204 g/mol. The molecule has 12 heavy (non-hydrogen) atoms. The van der Waals surface area contributed by atoms with Crippen LogP contribution in [-0.4, -0.2) is 16.8 Å². The molecule has 0 aromatic rings. The Bertz CT molecular complexity index is 114. The van der Waals surface area contributed by atoms with Crippen LogP contribution in [0.1, 0.15) is 39.0 Å². The lowest BCUT2D eigenvalue weighted by molar-refractivity contribution is 0.394. The van der Waals surface area contributed by atoms with Crippen molar-refractivity contribution in [1.29, 1.82) is 0 Å². The maximum atomic E-state index is 4.22. The van der Waals surface area contributed by atoms with Crippen molar-refractivity contribution in [2.45, 2.75) is 44.3 Å². The van der Waals surface area contributed by atoms with Gasteiger partial charge in [0, 0.05) is 5.25 Å². The summed E-state index contributed by atoms with van der Waals surface area (Å²) in [4.78, 5) is 0. The highest BCUT2D eigenvalue weighted by Crippen LogP contribution is 2.31. The van der Waals surface area contributed by atoms with Crippen LogP contribution in [0.15, 0.2) is 0 Å². The highest BCUT2D eigenvalue weighted by atomic mass is 32.2. The minimum atomic E-state index is 0.966. The molecule has 1 saturated carbocycles. The molecule has 72 valence electrons. The second kappa shape index (κ2) is 6.20. The number of thioether (sulfide) groups is 1. The highest BCUT2D eigenvalue weighted by molar-refractivity contribution is 7.99. The van der Waals surface area contributed by atoms with Crippen molar-refractivity contribution in [2.75, 3.05) is 11.5 Å². The lowest BCUT2D eigenvalue weighted by Crippen LogP contribution is -2.15. The summed E-state index contributed by atoms with van der Waals surface area (Å²) in [5, 5.41) is 0.966. The molecule has 0 radical (unpaired) electrons. The normalized spacial score (nSPS) is 30.5. The second-order valence-corrected chi connectivity index (χ2v) is 5.70. The minimum Gasteiger partial charge on any atom is -0.179 e. The summed E-state index contributed by atoms with van der Waals surface area (Å²) in [5.74, 6) is 3.35. The largest absolute Gasteiger partial charge is 0.179 e. The van der Waals surface area contributed by atoms with Gasteiger partial charge in [-0.1, -0.05) is 19.8 Å². The van der Waals surface area contributed by atoms with Gasteiger partial charge >= 0.3 is 0 Å². The first kappa shape index (κ1) is 10.8. The van der Waals surface area contributed by atoms with Crippen LogP contribution in [0.25, 0.3) is 0 Å². The fourth-order valence-corrected chi connectivity index (χ4v) is 3.66. The SMILES string of the molecule is CC1CCCC(SCCCS)C1. The van der Waals surface area contributed by atoms with E-state index in [0.717, 1.165) is 16.9 Å². The fourth-order valence-electron chi connectivity index (χ4n) is 1.84. The lowest BCUT2D eigenvalue weighted by Gasteiger charge is -2.26. The summed E-state index contributed by atoms with van der Waals surface area (Å²) < 4.78 is 0. The molecule has 0 aromatic heterocycles. The van der Waals surface area contributed by atoms with Gasteiger partial charge < -0.3 is 0 Å². The van der Waals surface area contributed by atoms with Crippen molar-refractivity contribution in [3.8, 4) is 0 Å². The Morgan fingerprint density at radius 1 is 1.42 bits per heavy atom. The molecule has 1 aliphatic carbocycles. The molecule has 0 saturated heterocycles. The van der Waals surface area contributed by atoms with Crippen LogP contribution in [0.4, 0.5) is 0 Å². The molecule has 1 rings (SSSR count). The average molecular weight is 204 g/mol. The quantitative estimate of drug-likeness (QED) is 0.539. The molecule has 0 aromatic carbocycles. The predicted molar refractivity (Wildman–Crippen MR) is 62.3 cm³/mol. The average Bonchev–Trinajstić information content (AvgIpc) is 2.05. The molecule has 0 spiro atoms. The molecule has 0 aliphatic heterocycles. The van der Waals surface area contributed by atoms with Crippen LogP contribution < -0.4 is 0 Å². The Kier molecular flexibility index (Phi) is 5.57. The third-order valence-electron chi connectivity index (χ3n) is 2.54. The molecule has 0 bridgehead atoms. The molecular formula is C10H20S2. The Hall–Kier alpha value is 0.700. The van der Waals surface area contributed by atoms with Gasteiger partial charge in [-0.15, -0.1) is 0 Å². The van der Waals surface area contributed by atoms with E-state index < -0.39 is 0 Å². The van der Waals surface area contributed by atoms with E-state index in [1.807, 2.05) is 0 Å². The van der Waals surface area contributed by atoms with E-state index in [9.17, 15) is 0 Å². The number of hydrogen-bond donors (Lipinski definition) is 1. The van der Waals surface area contributed by atoms with Crippen molar-refractivity contribution < 1.29 is 0 Å². The molecule has 2 heteroatoms. The van der Waals surface area contributed by atoms with Crippen LogP contribution in [-0.2, 0) is 0 Å². The summed E-state index contributed by atoms with van der Waals surface area (Å²) in [6.45, 7) is 2.39. The first-order valence-electron chi connectivity index (χ1n) is 5.05. The van der Waals surface area contributed by atoms with Crippen LogP contribution in [0.5, 0.6) is 0 Å². The van der Waals surface area contributed by atoms with Crippen LogP contribution >= 0.6 is 24.4 Å². The Labute approximate surface area is 86.3 Å². The molecule has 0 heterocycles. The van der Waals surface area contributed by atoms with Crippen molar-refractivity contribution >= 4 is 24.4 Å². The van der Waals surface area contributed by atoms with Gasteiger partial charge in [-0.3, -0.25) is 0 Å². The second-order valence-electron chi connectivity index (χ2n) is 3.84. The Balaban J connectivity index is 2.06. The fraction of sp³-hybridized carbons (Fsp3) is 1.00. The van der Waals surface area contributed by atoms with E-state index in [4.69, 9.17) is 0 Å². The minimum absolute atomic E-state index is 0.966. The third-order valence-corrected chi connectivity index (χ3v) is 4.28. The number of rotatable bonds is 4. The van der Waals surface area contributed by atoms with Crippen LogP contribution in [0, 0.1) is 5.92 Å². The van der Waals surface area contributed by atoms with Crippen molar-refractivity contribution in [1.82, 2.24) is 0 Å². The van der Waals surface area contributed by atoms with Gasteiger partial charge in [0.15, 0.2) is 0 Å². The molecule has 2 atom stereocenters. The van der Waals surface area contributed by atoms with E-state index in [1.54, 1.807) is 0 Å². The Morgan fingerprint density at radius 3 is 2.92 bits per heavy atom. The van der Waals surface area contributed by atoms with E-state index in [2.05, 4.69) is 31.3 Å². The van der Waals surface area contributed by atoms with E-state index in [0.29, 0.717) is 0 Å². The van der Waals surface area contributed by atoms with E-state index >= 15 is 0 Å². The number of thiol groups is 1. The van der Waals surface area contributed by atoms with Crippen molar-refractivity contribution in [2.24, 2.45) is 5.92 Å². The first-order chi connectivity index (χ1) is 5.83. The highest BCUT2D eigenvalue weighted by Gasteiger charge is 2.18. The zero-order chi connectivity index (χ0) is 8.81. The summed E-state index contributed by atoms with van der Waals surface area (Å²) in [6, 6.07) is 0. The Morgan fingerprint density at radius 2 is 2.25 bits per heavy atom. The van der Waals surface area contributed by atoms with E-state index in [1.165, 1.54) is 37.9 Å².